The molecule has 1 rings (SSSR count). The van der Waals surface area contributed by atoms with Crippen molar-refractivity contribution in [2.24, 2.45) is 11.1 Å². The van der Waals surface area contributed by atoms with Crippen molar-refractivity contribution in [3.63, 3.8) is 0 Å². The highest BCUT2D eigenvalue weighted by Gasteiger charge is 2.33. The molecule has 0 aromatic carbocycles. The van der Waals surface area contributed by atoms with Gasteiger partial charge in [0.15, 0.2) is 0 Å². The maximum Gasteiger partial charge on any atom is 0.310 e. The van der Waals surface area contributed by atoms with E-state index in [-0.39, 0.29) is 12.4 Å². The van der Waals surface area contributed by atoms with Crippen molar-refractivity contribution in [1.29, 1.82) is 0 Å². The Kier molecular flexibility index (Phi) is 4.06. The predicted molar refractivity (Wildman–Crippen MR) is 54.5 cm³/mol. The summed E-state index contributed by atoms with van der Waals surface area (Å²) in [6.45, 7) is 2.76. The van der Waals surface area contributed by atoms with Crippen LogP contribution in [0.15, 0.2) is 0 Å². The zero-order chi connectivity index (χ0) is 11.5. The Morgan fingerprint density at radius 1 is 1.53 bits per heavy atom. The summed E-state index contributed by atoms with van der Waals surface area (Å²) in [7, 11) is -3.58. The van der Waals surface area contributed by atoms with E-state index in [1.54, 1.807) is 6.92 Å². The Morgan fingerprint density at radius 2 is 2.20 bits per heavy atom. The Hall–Kier alpha value is -0.660. The lowest BCUT2D eigenvalue weighted by Gasteiger charge is -2.26. The zero-order valence-electron chi connectivity index (χ0n) is 8.60. The first-order valence-corrected chi connectivity index (χ1v) is 6.45. The Morgan fingerprint density at radius 3 is 2.73 bits per heavy atom. The molecule has 0 aliphatic carbocycles. The molecule has 0 spiro atoms. The molecular weight excluding hydrogens is 220 g/mol. The third kappa shape index (κ3) is 3.44. The molecule has 7 heteroatoms. The van der Waals surface area contributed by atoms with Crippen LogP contribution in [0.4, 0.5) is 0 Å². The predicted octanol–water partition coefficient (Wildman–Crippen LogP) is -1.18. The van der Waals surface area contributed by atoms with Gasteiger partial charge in [-0.05, 0) is 13.3 Å². The van der Waals surface area contributed by atoms with Gasteiger partial charge in [0.2, 0.25) is 10.0 Å². The third-order valence-corrected chi connectivity index (χ3v) is 3.68. The number of esters is 1. The van der Waals surface area contributed by atoms with Crippen molar-refractivity contribution in [3.05, 3.63) is 0 Å². The number of carbonyl (C=O) groups excluding carboxylic acids is 1. The number of piperidine rings is 1. The molecule has 88 valence electrons. The fourth-order valence-corrected chi connectivity index (χ4v) is 2.44. The lowest BCUT2D eigenvalue weighted by molar-refractivity contribution is -0.148. The highest BCUT2D eigenvalue weighted by Crippen LogP contribution is 2.16. The monoisotopic (exact) mass is 236 g/mol. The highest BCUT2D eigenvalue weighted by molar-refractivity contribution is 7.89. The molecule has 1 heterocycles. The summed E-state index contributed by atoms with van der Waals surface area (Å²) in [6.07, 6.45) is 0.241. The van der Waals surface area contributed by atoms with E-state index in [4.69, 9.17) is 9.88 Å². The van der Waals surface area contributed by atoms with Gasteiger partial charge in [0.25, 0.3) is 0 Å². The summed E-state index contributed by atoms with van der Waals surface area (Å²) in [5.41, 5.74) is 0. The first kappa shape index (κ1) is 12.4. The number of sulfonamides is 1. The van der Waals surface area contributed by atoms with Crippen molar-refractivity contribution in [3.8, 4) is 0 Å². The number of nitrogens with one attached hydrogen (secondary N) is 1. The molecule has 0 amide bonds. The third-order valence-electron chi connectivity index (χ3n) is 2.39. The van der Waals surface area contributed by atoms with Gasteiger partial charge in [-0.1, -0.05) is 0 Å². The molecule has 1 aliphatic rings. The van der Waals surface area contributed by atoms with Crippen LogP contribution in [0.3, 0.4) is 0 Å². The number of rotatable bonds is 3. The average Bonchev–Trinajstić information content (AvgIpc) is 2.17. The molecule has 0 saturated carbocycles. The van der Waals surface area contributed by atoms with Crippen LogP contribution in [0.2, 0.25) is 0 Å². The Labute approximate surface area is 89.2 Å². The van der Waals surface area contributed by atoms with Crippen molar-refractivity contribution in [2.75, 3.05) is 19.7 Å². The van der Waals surface area contributed by atoms with Crippen LogP contribution in [-0.4, -0.2) is 39.3 Å². The van der Waals surface area contributed by atoms with Gasteiger partial charge in [-0.25, -0.2) is 13.6 Å². The van der Waals surface area contributed by atoms with Crippen LogP contribution in [-0.2, 0) is 19.6 Å². The van der Waals surface area contributed by atoms with Gasteiger partial charge >= 0.3 is 5.97 Å². The van der Waals surface area contributed by atoms with Gasteiger partial charge in [-0.3, -0.25) is 4.79 Å². The zero-order valence-corrected chi connectivity index (χ0v) is 9.42. The number of hydrogen-bond donors (Lipinski definition) is 2. The van der Waals surface area contributed by atoms with E-state index in [1.165, 1.54) is 0 Å². The van der Waals surface area contributed by atoms with Crippen LogP contribution >= 0.6 is 0 Å². The standard InChI is InChI=1S/C8H16N2O4S/c1-2-14-8(11)6-3-7(5-10-4-6)15(9,12)13/h6-7,10H,2-5H2,1H3,(H2,9,12,13)/t6-,7+/m1/s1. The molecule has 0 aromatic rings. The molecule has 2 atom stereocenters. The normalized spacial score (nSPS) is 27.3. The fraction of sp³-hybridized carbons (Fsp3) is 0.875. The maximum absolute atomic E-state index is 11.4. The van der Waals surface area contributed by atoms with Crippen LogP contribution in [0, 0.1) is 5.92 Å². The molecule has 1 fully saturated rings. The summed E-state index contributed by atoms with van der Waals surface area (Å²) in [4.78, 5) is 11.4. The quantitative estimate of drug-likeness (QED) is 0.601. The van der Waals surface area contributed by atoms with E-state index in [9.17, 15) is 13.2 Å². The molecule has 0 bridgehead atoms. The van der Waals surface area contributed by atoms with E-state index in [2.05, 4.69) is 5.32 Å². The number of nitrogens with two attached hydrogens (primary N) is 1. The fourth-order valence-electron chi connectivity index (χ4n) is 1.59. The topological polar surface area (TPSA) is 98.5 Å². The van der Waals surface area contributed by atoms with E-state index in [1.807, 2.05) is 0 Å². The second-order valence-electron chi connectivity index (χ2n) is 3.55. The minimum Gasteiger partial charge on any atom is -0.466 e. The van der Waals surface area contributed by atoms with Crippen LogP contribution in [0.25, 0.3) is 0 Å². The SMILES string of the molecule is CCOC(=O)[C@H]1CNC[C@@H](S(N)(=O)=O)C1. The maximum atomic E-state index is 11.4. The number of primary sulfonamides is 1. The van der Waals surface area contributed by atoms with E-state index in [0.29, 0.717) is 19.7 Å². The van der Waals surface area contributed by atoms with E-state index < -0.39 is 21.2 Å². The Balaban J connectivity index is 2.60. The van der Waals surface area contributed by atoms with Crippen molar-refractivity contribution < 1.29 is 17.9 Å². The summed E-state index contributed by atoms with van der Waals surface area (Å²) in [5.74, 6) is -0.777. The van der Waals surface area contributed by atoms with E-state index >= 15 is 0 Å². The summed E-state index contributed by atoms with van der Waals surface area (Å²) in [6, 6.07) is 0. The molecule has 1 saturated heterocycles. The van der Waals surface area contributed by atoms with Gasteiger partial charge in [-0.2, -0.15) is 0 Å². The Bertz CT molecular complexity index is 328. The first-order chi connectivity index (χ1) is 6.95. The first-order valence-electron chi connectivity index (χ1n) is 4.84. The number of hydrogen-bond acceptors (Lipinski definition) is 5. The van der Waals surface area contributed by atoms with Crippen LogP contribution in [0.1, 0.15) is 13.3 Å². The van der Waals surface area contributed by atoms with Gasteiger partial charge in [0.1, 0.15) is 0 Å². The molecule has 0 radical (unpaired) electrons. The smallest absolute Gasteiger partial charge is 0.310 e. The summed E-state index contributed by atoms with van der Waals surface area (Å²) >= 11 is 0. The number of carbonyl (C=O) groups is 1. The molecular formula is C8H16N2O4S. The van der Waals surface area contributed by atoms with Crippen molar-refractivity contribution >= 4 is 16.0 Å². The molecule has 0 unspecified atom stereocenters. The van der Waals surface area contributed by atoms with Crippen molar-refractivity contribution in [1.82, 2.24) is 5.32 Å². The van der Waals surface area contributed by atoms with E-state index in [0.717, 1.165) is 0 Å². The molecule has 1 aliphatic heterocycles. The average molecular weight is 236 g/mol. The number of ether oxygens (including phenoxy) is 1. The largest absolute Gasteiger partial charge is 0.466 e. The highest BCUT2D eigenvalue weighted by atomic mass is 32.2. The van der Waals surface area contributed by atoms with Gasteiger partial charge in [-0.15, -0.1) is 0 Å². The summed E-state index contributed by atoms with van der Waals surface area (Å²) in [5, 5.41) is 7.20. The lowest BCUT2D eigenvalue weighted by Crippen LogP contribution is -2.48. The van der Waals surface area contributed by atoms with Gasteiger partial charge in [0.05, 0.1) is 17.8 Å². The van der Waals surface area contributed by atoms with Crippen LogP contribution < -0.4 is 10.5 Å². The minimum absolute atomic E-state index is 0.241. The van der Waals surface area contributed by atoms with Gasteiger partial charge in [0, 0.05) is 13.1 Å². The molecule has 3 N–H and O–H groups in total. The lowest BCUT2D eigenvalue weighted by atomic mass is 10.00. The molecule has 15 heavy (non-hydrogen) atoms. The van der Waals surface area contributed by atoms with Crippen LogP contribution in [0.5, 0.6) is 0 Å². The van der Waals surface area contributed by atoms with Gasteiger partial charge < -0.3 is 10.1 Å². The molecule has 0 aromatic heterocycles. The minimum atomic E-state index is -3.58. The second kappa shape index (κ2) is 4.91. The second-order valence-corrected chi connectivity index (χ2v) is 5.40. The van der Waals surface area contributed by atoms with Crippen molar-refractivity contribution in [2.45, 2.75) is 18.6 Å². The summed E-state index contributed by atoms with van der Waals surface area (Å²) < 4.78 is 27.0. The molecule has 6 nitrogen and oxygen atoms in total.